The summed E-state index contributed by atoms with van der Waals surface area (Å²) in [6.45, 7) is 3.54. The van der Waals surface area contributed by atoms with Crippen LogP contribution in [-0.2, 0) is 19.6 Å². The molecule has 156 valence electrons. The van der Waals surface area contributed by atoms with E-state index in [-0.39, 0.29) is 22.1 Å². The quantitative estimate of drug-likeness (QED) is 0.317. The zero-order valence-electron chi connectivity index (χ0n) is 15.4. The van der Waals surface area contributed by atoms with Crippen molar-refractivity contribution >= 4 is 26.9 Å². The molecule has 0 radical (unpaired) electrons. The Morgan fingerprint density at radius 1 is 1.17 bits per heavy atom. The minimum atomic E-state index is -6.05. The van der Waals surface area contributed by atoms with Crippen molar-refractivity contribution in [2.24, 2.45) is 0 Å². The number of epoxide rings is 1. The van der Waals surface area contributed by atoms with Gasteiger partial charge in [0.15, 0.2) is 5.75 Å². The molecule has 2 atom stereocenters. The normalized spacial score (nSPS) is 22.3. The second kappa shape index (κ2) is 5.99. The van der Waals surface area contributed by atoms with Crippen molar-refractivity contribution in [3.63, 3.8) is 0 Å². The van der Waals surface area contributed by atoms with Crippen molar-refractivity contribution in [3.05, 3.63) is 35.4 Å². The number of halogens is 3. The topological polar surface area (TPSA) is 91.4 Å². The minimum absolute atomic E-state index is 0.0469. The SMILES string of the molecule is COC(=O)c1c2c(c3ccccc3c1OS(=O)(=O)C(F)(F)F)OC(C)(C)C1OC21. The lowest BCUT2D eigenvalue weighted by molar-refractivity contribution is -0.0500. The molecule has 2 aromatic rings. The lowest BCUT2D eigenvalue weighted by Crippen LogP contribution is -2.38. The summed E-state index contributed by atoms with van der Waals surface area (Å²) < 4.78 is 83.2. The van der Waals surface area contributed by atoms with Crippen LogP contribution in [0.2, 0.25) is 0 Å². The largest absolute Gasteiger partial charge is 0.534 e. The average Bonchev–Trinajstić information content (AvgIpc) is 3.43. The first-order chi connectivity index (χ1) is 13.4. The standard InChI is InChI=1S/C18H15F3O7S/c1-17(2)15-14(26-15)10-11(16(22)25-3)13(28-29(23,24)18(19,20)21)9-7-5-4-6-8(9)12(10)27-17/h4-7,14-15H,1-3H3. The Bertz CT molecular complexity index is 1140. The zero-order valence-corrected chi connectivity index (χ0v) is 16.2. The maximum absolute atomic E-state index is 13.0. The van der Waals surface area contributed by atoms with E-state index < -0.39 is 50.7 Å². The van der Waals surface area contributed by atoms with Gasteiger partial charge in [0, 0.05) is 16.3 Å². The van der Waals surface area contributed by atoms with E-state index >= 15 is 0 Å². The Kier molecular flexibility index (Phi) is 4.08. The van der Waals surface area contributed by atoms with Gasteiger partial charge in [-0.25, -0.2) is 4.79 Å². The Balaban J connectivity index is 2.08. The van der Waals surface area contributed by atoms with Crippen LogP contribution in [0.15, 0.2) is 24.3 Å². The first kappa shape index (κ1) is 19.8. The molecule has 0 amide bonds. The second-order valence-electron chi connectivity index (χ2n) is 7.15. The third-order valence-corrected chi connectivity index (χ3v) is 5.80. The predicted molar refractivity (Wildman–Crippen MR) is 93.2 cm³/mol. The van der Waals surface area contributed by atoms with Gasteiger partial charge in [0.05, 0.1) is 7.11 Å². The summed E-state index contributed by atoms with van der Waals surface area (Å²) in [4.78, 5) is 12.5. The maximum atomic E-state index is 13.0. The van der Waals surface area contributed by atoms with Crippen LogP contribution in [0.4, 0.5) is 13.2 Å². The summed E-state index contributed by atoms with van der Waals surface area (Å²) >= 11 is 0. The molecular formula is C18H15F3O7S. The van der Waals surface area contributed by atoms with Crippen molar-refractivity contribution in [2.75, 3.05) is 7.11 Å². The average molecular weight is 432 g/mol. The molecule has 2 aromatic carbocycles. The third-order valence-electron chi connectivity index (χ3n) is 4.85. The molecule has 0 bridgehead atoms. The van der Waals surface area contributed by atoms with Crippen LogP contribution in [0.1, 0.15) is 35.9 Å². The fourth-order valence-electron chi connectivity index (χ4n) is 3.51. The van der Waals surface area contributed by atoms with Crippen LogP contribution in [-0.4, -0.2) is 38.7 Å². The molecule has 1 saturated heterocycles. The van der Waals surface area contributed by atoms with Gasteiger partial charge in [-0.1, -0.05) is 24.3 Å². The van der Waals surface area contributed by atoms with Crippen LogP contribution in [0.5, 0.6) is 11.5 Å². The van der Waals surface area contributed by atoms with Gasteiger partial charge in [0.25, 0.3) is 0 Å². The number of methoxy groups -OCH3 is 1. The van der Waals surface area contributed by atoms with E-state index in [2.05, 4.69) is 4.18 Å². The van der Waals surface area contributed by atoms with Crippen molar-refractivity contribution in [1.29, 1.82) is 0 Å². The van der Waals surface area contributed by atoms with Gasteiger partial charge in [-0.3, -0.25) is 0 Å². The molecule has 0 N–H and O–H groups in total. The summed E-state index contributed by atoms with van der Waals surface area (Å²) in [7, 11) is -5.03. The number of esters is 1. The number of hydrogen-bond acceptors (Lipinski definition) is 7. The van der Waals surface area contributed by atoms with E-state index in [1.165, 1.54) is 18.2 Å². The Hall–Kier alpha value is -2.53. The van der Waals surface area contributed by atoms with Gasteiger partial charge in [-0.15, -0.1) is 0 Å². The number of benzene rings is 2. The lowest BCUT2D eigenvalue weighted by atomic mass is 9.88. The van der Waals surface area contributed by atoms with Gasteiger partial charge in [0.2, 0.25) is 0 Å². The number of carbonyl (C=O) groups excluding carboxylic acids is 1. The highest BCUT2D eigenvalue weighted by Gasteiger charge is 2.59. The summed E-state index contributed by atoms with van der Waals surface area (Å²) in [6.07, 6.45) is -1.14. The summed E-state index contributed by atoms with van der Waals surface area (Å²) in [6, 6.07) is 5.92. The smallest absolute Gasteiger partial charge is 0.484 e. The molecule has 4 rings (SSSR count). The number of ether oxygens (including phenoxy) is 3. The highest BCUT2D eigenvalue weighted by molar-refractivity contribution is 7.88. The van der Waals surface area contributed by atoms with Crippen LogP contribution in [0.25, 0.3) is 10.8 Å². The van der Waals surface area contributed by atoms with E-state index in [1.54, 1.807) is 19.9 Å². The van der Waals surface area contributed by atoms with Crippen LogP contribution >= 0.6 is 0 Å². The molecule has 1 fully saturated rings. The van der Waals surface area contributed by atoms with Gasteiger partial charge < -0.3 is 18.4 Å². The number of fused-ring (bicyclic) bond motifs is 5. The molecule has 0 saturated carbocycles. The highest BCUT2D eigenvalue weighted by atomic mass is 32.2. The van der Waals surface area contributed by atoms with Crippen molar-refractivity contribution in [3.8, 4) is 11.5 Å². The van der Waals surface area contributed by atoms with E-state index in [0.29, 0.717) is 0 Å². The molecule has 0 aromatic heterocycles. The number of hydrogen-bond donors (Lipinski definition) is 0. The lowest BCUT2D eigenvalue weighted by Gasteiger charge is -2.32. The summed E-state index contributed by atoms with van der Waals surface area (Å²) in [5, 5.41) is 0.235. The first-order valence-electron chi connectivity index (χ1n) is 8.41. The third kappa shape index (κ3) is 2.91. The molecule has 2 unspecified atom stereocenters. The molecule has 2 aliphatic rings. The molecule has 0 spiro atoms. The van der Waals surface area contributed by atoms with E-state index in [1.807, 2.05) is 0 Å². The highest BCUT2D eigenvalue weighted by Crippen LogP contribution is 2.59. The molecule has 29 heavy (non-hydrogen) atoms. The van der Waals surface area contributed by atoms with Gasteiger partial charge in [-0.05, 0) is 13.8 Å². The predicted octanol–water partition coefficient (Wildman–Crippen LogP) is 3.47. The van der Waals surface area contributed by atoms with Crippen molar-refractivity contribution in [2.45, 2.75) is 37.2 Å². The van der Waals surface area contributed by atoms with Crippen LogP contribution in [0.3, 0.4) is 0 Å². The Morgan fingerprint density at radius 3 is 2.38 bits per heavy atom. The number of rotatable bonds is 3. The van der Waals surface area contributed by atoms with Gasteiger partial charge in [-0.2, -0.15) is 21.6 Å². The molecular weight excluding hydrogens is 417 g/mol. The number of alkyl halides is 3. The van der Waals surface area contributed by atoms with Gasteiger partial charge in [0.1, 0.15) is 29.1 Å². The fourth-order valence-corrected chi connectivity index (χ4v) is 3.99. The summed E-state index contributed by atoms with van der Waals surface area (Å²) in [5.74, 6) is -1.64. The van der Waals surface area contributed by atoms with Crippen LogP contribution < -0.4 is 8.92 Å². The van der Waals surface area contributed by atoms with Crippen molar-refractivity contribution in [1.82, 2.24) is 0 Å². The van der Waals surface area contributed by atoms with E-state index in [0.717, 1.165) is 7.11 Å². The molecule has 0 aliphatic carbocycles. The zero-order chi connectivity index (χ0) is 21.4. The fraction of sp³-hybridized carbons (Fsp3) is 0.389. The summed E-state index contributed by atoms with van der Waals surface area (Å²) in [5.41, 5.74) is -6.83. The van der Waals surface area contributed by atoms with E-state index in [4.69, 9.17) is 14.2 Å². The monoisotopic (exact) mass is 432 g/mol. The van der Waals surface area contributed by atoms with E-state index in [9.17, 15) is 26.4 Å². The molecule has 2 aliphatic heterocycles. The van der Waals surface area contributed by atoms with Gasteiger partial charge >= 0.3 is 21.6 Å². The van der Waals surface area contributed by atoms with Crippen molar-refractivity contribution < 1.29 is 44.8 Å². The second-order valence-corrected chi connectivity index (χ2v) is 8.69. The molecule has 7 nitrogen and oxygen atoms in total. The molecule has 11 heteroatoms. The maximum Gasteiger partial charge on any atom is 0.534 e. The van der Waals surface area contributed by atoms with Crippen LogP contribution in [0, 0.1) is 0 Å². The minimum Gasteiger partial charge on any atom is -0.484 e. The Labute approximate surface area is 163 Å². The molecule has 2 heterocycles. The first-order valence-corrected chi connectivity index (χ1v) is 9.82. The number of carbonyl (C=O) groups is 1. The Morgan fingerprint density at radius 2 is 1.79 bits per heavy atom.